The van der Waals surface area contributed by atoms with Gasteiger partial charge in [0.15, 0.2) is 0 Å². The first kappa shape index (κ1) is 17.2. The van der Waals surface area contributed by atoms with E-state index in [1.807, 2.05) is 36.4 Å². The molecule has 1 aromatic carbocycles. The van der Waals surface area contributed by atoms with Crippen molar-refractivity contribution in [1.82, 2.24) is 19.7 Å². The molecule has 1 saturated carbocycles. The molecule has 0 spiro atoms. The first-order valence-corrected chi connectivity index (χ1v) is 9.26. The number of carbonyl (C=O) groups excluding carboxylic acids is 1. The van der Waals surface area contributed by atoms with E-state index in [1.54, 1.807) is 23.3 Å². The molecule has 0 atom stereocenters. The average Bonchev–Trinajstić information content (AvgIpc) is 3.35. The van der Waals surface area contributed by atoms with Gasteiger partial charge in [0.1, 0.15) is 12.1 Å². The molecule has 3 aromatic rings. The molecule has 1 aliphatic carbocycles. The molecule has 2 N–H and O–H groups in total. The van der Waals surface area contributed by atoms with Gasteiger partial charge in [0.25, 0.3) is 0 Å². The number of rotatable bonds is 6. The maximum Gasteiger partial charge on any atom is 0.246 e. The fourth-order valence-electron chi connectivity index (χ4n) is 3.40. The summed E-state index contributed by atoms with van der Waals surface area (Å²) in [7, 11) is 0. The molecule has 1 amide bonds. The number of nitrogens with zero attached hydrogens (tertiary/aromatic N) is 4. The van der Waals surface area contributed by atoms with Crippen molar-refractivity contribution >= 4 is 23.4 Å². The minimum atomic E-state index is 0.0246. The Morgan fingerprint density at radius 3 is 2.74 bits per heavy atom. The average molecular weight is 362 g/mol. The van der Waals surface area contributed by atoms with Crippen molar-refractivity contribution in [1.29, 1.82) is 0 Å². The number of aromatic nitrogens is 4. The lowest BCUT2D eigenvalue weighted by Crippen LogP contribution is -2.16. The van der Waals surface area contributed by atoms with Crippen LogP contribution in [0.25, 0.3) is 5.69 Å². The predicted octanol–water partition coefficient (Wildman–Crippen LogP) is 3.92. The van der Waals surface area contributed by atoms with Gasteiger partial charge >= 0.3 is 0 Å². The molecule has 2 aromatic heterocycles. The molecular weight excluding hydrogens is 340 g/mol. The van der Waals surface area contributed by atoms with Crippen LogP contribution in [-0.4, -0.2) is 25.7 Å². The van der Waals surface area contributed by atoms with E-state index in [-0.39, 0.29) is 5.91 Å². The Morgan fingerprint density at radius 2 is 1.93 bits per heavy atom. The number of para-hydroxylation sites is 1. The number of nitrogens with one attached hydrogen (secondary N) is 2. The van der Waals surface area contributed by atoms with Crippen LogP contribution in [0.4, 0.5) is 17.5 Å². The standard InChI is InChI=1S/C20H22N6O/c27-19(12-15-6-4-5-7-15)24-18-13-17(10-11-21-18)26-14-22-20(25-26)23-16-8-2-1-3-9-16/h1-3,8-11,13-15H,4-7,12H2,(H,23,25)(H,21,24,27). The van der Waals surface area contributed by atoms with E-state index in [0.29, 0.717) is 24.1 Å². The molecule has 4 rings (SSSR count). The van der Waals surface area contributed by atoms with Gasteiger partial charge in [0, 0.05) is 24.4 Å². The third-order valence-electron chi connectivity index (χ3n) is 4.75. The summed E-state index contributed by atoms with van der Waals surface area (Å²) in [5.74, 6) is 1.57. The Hall–Kier alpha value is -3.22. The van der Waals surface area contributed by atoms with Crippen molar-refractivity contribution in [2.24, 2.45) is 5.92 Å². The lowest BCUT2D eigenvalue weighted by molar-refractivity contribution is -0.117. The smallest absolute Gasteiger partial charge is 0.246 e. The Kier molecular flexibility index (Phi) is 5.09. The van der Waals surface area contributed by atoms with Crippen LogP contribution in [0, 0.1) is 5.92 Å². The Labute approximate surface area is 157 Å². The van der Waals surface area contributed by atoms with Crippen molar-refractivity contribution in [2.75, 3.05) is 10.6 Å². The van der Waals surface area contributed by atoms with Crippen LogP contribution in [-0.2, 0) is 4.79 Å². The minimum Gasteiger partial charge on any atom is -0.323 e. The SMILES string of the molecule is O=C(CC1CCCC1)Nc1cc(-n2cnc(Nc3ccccc3)n2)ccn1. The summed E-state index contributed by atoms with van der Waals surface area (Å²) >= 11 is 0. The lowest BCUT2D eigenvalue weighted by Gasteiger charge is -2.09. The minimum absolute atomic E-state index is 0.0246. The summed E-state index contributed by atoms with van der Waals surface area (Å²) in [5, 5.41) is 10.5. The van der Waals surface area contributed by atoms with Gasteiger partial charge in [-0.2, -0.15) is 4.98 Å². The monoisotopic (exact) mass is 362 g/mol. The molecule has 1 aliphatic rings. The fraction of sp³-hybridized carbons (Fsp3) is 0.300. The topological polar surface area (TPSA) is 84.7 Å². The van der Waals surface area contributed by atoms with Gasteiger partial charge in [-0.15, -0.1) is 5.10 Å². The molecule has 7 heteroatoms. The number of pyridine rings is 1. The molecule has 0 aliphatic heterocycles. The zero-order valence-electron chi connectivity index (χ0n) is 15.0. The second-order valence-corrected chi connectivity index (χ2v) is 6.81. The Balaban J connectivity index is 1.42. The van der Waals surface area contributed by atoms with Crippen LogP contribution in [0.5, 0.6) is 0 Å². The van der Waals surface area contributed by atoms with E-state index >= 15 is 0 Å². The van der Waals surface area contributed by atoms with E-state index in [2.05, 4.69) is 25.7 Å². The zero-order valence-corrected chi connectivity index (χ0v) is 15.0. The molecule has 7 nitrogen and oxygen atoms in total. The van der Waals surface area contributed by atoms with Crippen LogP contribution in [0.15, 0.2) is 55.0 Å². The first-order valence-electron chi connectivity index (χ1n) is 9.26. The van der Waals surface area contributed by atoms with Crippen molar-refractivity contribution in [3.63, 3.8) is 0 Å². The van der Waals surface area contributed by atoms with Gasteiger partial charge in [-0.3, -0.25) is 4.79 Å². The summed E-state index contributed by atoms with van der Waals surface area (Å²) in [6.45, 7) is 0. The van der Waals surface area contributed by atoms with Gasteiger partial charge in [-0.1, -0.05) is 31.0 Å². The van der Waals surface area contributed by atoms with Gasteiger partial charge in [0.2, 0.25) is 11.9 Å². The molecule has 0 unspecified atom stereocenters. The summed E-state index contributed by atoms with van der Waals surface area (Å²) in [5.41, 5.74) is 1.71. The van der Waals surface area contributed by atoms with Crippen molar-refractivity contribution in [2.45, 2.75) is 32.1 Å². The normalized spacial score (nSPS) is 14.2. The van der Waals surface area contributed by atoms with Crippen molar-refractivity contribution in [3.8, 4) is 5.69 Å². The van der Waals surface area contributed by atoms with Crippen LogP contribution in [0.1, 0.15) is 32.1 Å². The van der Waals surface area contributed by atoms with Crippen LogP contribution >= 0.6 is 0 Å². The van der Waals surface area contributed by atoms with Gasteiger partial charge < -0.3 is 10.6 Å². The maximum atomic E-state index is 12.2. The fourth-order valence-corrected chi connectivity index (χ4v) is 3.40. The van der Waals surface area contributed by atoms with Gasteiger partial charge in [-0.05, 0) is 37.0 Å². The first-order chi connectivity index (χ1) is 13.3. The number of carbonyl (C=O) groups is 1. The number of benzene rings is 1. The molecule has 1 fully saturated rings. The maximum absolute atomic E-state index is 12.2. The van der Waals surface area contributed by atoms with E-state index in [9.17, 15) is 4.79 Å². The lowest BCUT2D eigenvalue weighted by atomic mass is 10.0. The molecule has 0 radical (unpaired) electrons. The van der Waals surface area contributed by atoms with Crippen LogP contribution < -0.4 is 10.6 Å². The second kappa shape index (κ2) is 7.99. The summed E-state index contributed by atoms with van der Waals surface area (Å²) < 4.78 is 1.65. The highest BCUT2D eigenvalue weighted by Gasteiger charge is 2.18. The van der Waals surface area contributed by atoms with Crippen molar-refractivity contribution in [3.05, 3.63) is 55.0 Å². The Morgan fingerprint density at radius 1 is 1.11 bits per heavy atom. The number of amides is 1. The highest BCUT2D eigenvalue weighted by atomic mass is 16.1. The molecular formula is C20H22N6O. The largest absolute Gasteiger partial charge is 0.323 e. The number of anilines is 3. The summed E-state index contributed by atoms with van der Waals surface area (Å²) in [4.78, 5) is 20.8. The summed E-state index contributed by atoms with van der Waals surface area (Å²) in [6, 6.07) is 13.4. The molecule has 0 saturated heterocycles. The van der Waals surface area contributed by atoms with Crippen LogP contribution in [0.3, 0.4) is 0 Å². The zero-order chi connectivity index (χ0) is 18.5. The van der Waals surface area contributed by atoms with E-state index in [0.717, 1.165) is 24.2 Å². The van der Waals surface area contributed by atoms with E-state index in [1.165, 1.54) is 12.8 Å². The predicted molar refractivity (Wildman–Crippen MR) is 104 cm³/mol. The van der Waals surface area contributed by atoms with Gasteiger partial charge in [0.05, 0.1) is 5.69 Å². The van der Waals surface area contributed by atoms with E-state index < -0.39 is 0 Å². The molecule has 0 bridgehead atoms. The molecule has 2 heterocycles. The number of hydrogen-bond donors (Lipinski definition) is 2. The highest BCUT2D eigenvalue weighted by Crippen LogP contribution is 2.27. The number of hydrogen-bond acceptors (Lipinski definition) is 5. The van der Waals surface area contributed by atoms with Crippen LogP contribution in [0.2, 0.25) is 0 Å². The summed E-state index contributed by atoms with van der Waals surface area (Å²) in [6.07, 6.45) is 8.63. The Bertz CT molecular complexity index is 902. The second-order valence-electron chi connectivity index (χ2n) is 6.81. The third kappa shape index (κ3) is 4.49. The van der Waals surface area contributed by atoms with Gasteiger partial charge in [-0.25, -0.2) is 9.67 Å². The highest BCUT2D eigenvalue weighted by molar-refractivity contribution is 5.90. The van der Waals surface area contributed by atoms with E-state index in [4.69, 9.17) is 0 Å². The van der Waals surface area contributed by atoms with Crippen molar-refractivity contribution < 1.29 is 4.79 Å². The quantitative estimate of drug-likeness (QED) is 0.694. The molecule has 138 valence electrons. The molecule has 27 heavy (non-hydrogen) atoms. The third-order valence-corrected chi connectivity index (χ3v) is 4.75.